The minimum atomic E-state index is -0.0545. The Morgan fingerprint density at radius 1 is 1.33 bits per heavy atom. The molecule has 0 spiro atoms. The van der Waals surface area contributed by atoms with Gasteiger partial charge in [-0.05, 0) is 37.7 Å². The van der Waals surface area contributed by atoms with Crippen LogP contribution < -0.4 is 10.9 Å². The van der Waals surface area contributed by atoms with E-state index in [1.54, 1.807) is 11.3 Å². The first-order valence-corrected chi connectivity index (χ1v) is 12.6. The van der Waals surface area contributed by atoms with Gasteiger partial charge in [-0.25, -0.2) is 4.98 Å². The smallest absolute Gasteiger partial charge is 0.259 e. The summed E-state index contributed by atoms with van der Waals surface area (Å²) in [4.78, 5) is 48.6. The fourth-order valence-corrected chi connectivity index (χ4v) is 6.20. The van der Waals surface area contributed by atoms with E-state index in [1.807, 2.05) is 18.7 Å². The van der Waals surface area contributed by atoms with E-state index in [0.29, 0.717) is 23.9 Å². The van der Waals surface area contributed by atoms with Gasteiger partial charge in [0.25, 0.3) is 5.56 Å². The second-order valence-corrected chi connectivity index (χ2v) is 10.5. The molecule has 2 aromatic heterocycles. The van der Waals surface area contributed by atoms with Crippen LogP contribution in [0.3, 0.4) is 0 Å². The SMILES string of the molecule is CC(C)C(=O)NC1CCCN(C(=O)CSCc2nc3sc4c(c3c(=O)[nH]2)CCC4)C1. The largest absolute Gasteiger partial charge is 0.351 e. The number of fused-ring (bicyclic) bond motifs is 3. The number of aromatic nitrogens is 2. The highest BCUT2D eigenvalue weighted by molar-refractivity contribution is 7.99. The molecule has 7 nitrogen and oxygen atoms in total. The second-order valence-electron chi connectivity index (χ2n) is 8.39. The highest BCUT2D eigenvalue weighted by Gasteiger charge is 2.25. The quantitative estimate of drug-likeness (QED) is 0.708. The Kier molecular flexibility index (Phi) is 6.48. The lowest BCUT2D eigenvalue weighted by Gasteiger charge is -2.33. The van der Waals surface area contributed by atoms with Crippen LogP contribution in [0.15, 0.2) is 4.79 Å². The number of nitrogens with one attached hydrogen (secondary N) is 2. The number of H-pyrrole nitrogens is 1. The van der Waals surface area contributed by atoms with Gasteiger partial charge in [-0.1, -0.05) is 13.8 Å². The van der Waals surface area contributed by atoms with Crippen LogP contribution in [-0.4, -0.2) is 51.6 Å². The third-order valence-electron chi connectivity index (χ3n) is 5.73. The van der Waals surface area contributed by atoms with E-state index in [-0.39, 0.29) is 29.3 Å². The molecule has 2 amide bonds. The maximum absolute atomic E-state index is 12.6. The molecule has 0 saturated carbocycles. The summed E-state index contributed by atoms with van der Waals surface area (Å²) in [6.45, 7) is 5.05. The van der Waals surface area contributed by atoms with Gasteiger partial charge < -0.3 is 15.2 Å². The van der Waals surface area contributed by atoms with E-state index in [0.717, 1.165) is 48.9 Å². The summed E-state index contributed by atoms with van der Waals surface area (Å²) in [7, 11) is 0. The van der Waals surface area contributed by atoms with Crippen molar-refractivity contribution in [3.63, 3.8) is 0 Å². The van der Waals surface area contributed by atoms with Crippen LogP contribution in [0.1, 0.15) is 49.4 Å². The summed E-state index contributed by atoms with van der Waals surface area (Å²) >= 11 is 3.10. The Labute approximate surface area is 184 Å². The number of piperidine rings is 1. The molecule has 0 aromatic carbocycles. The monoisotopic (exact) mass is 448 g/mol. The number of thioether (sulfide) groups is 1. The van der Waals surface area contributed by atoms with E-state index in [1.165, 1.54) is 22.2 Å². The van der Waals surface area contributed by atoms with Gasteiger partial charge >= 0.3 is 0 Å². The number of carbonyl (C=O) groups excluding carboxylic acids is 2. The van der Waals surface area contributed by atoms with Crippen molar-refractivity contribution in [3.05, 3.63) is 26.6 Å². The van der Waals surface area contributed by atoms with Crippen molar-refractivity contribution in [2.75, 3.05) is 18.8 Å². The van der Waals surface area contributed by atoms with Crippen molar-refractivity contribution in [2.24, 2.45) is 5.92 Å². The molecule has 1 saturated heterocycles. The number of hydrogen-bond acceptors (Lipinski definition) is 6. The van der Waals surface area contributed by atoms with Crippen molar-refractivity contribution in [1.29, 1.82) is 0 Å². The van der Waals surface area contributed by atoms with Crippen LogP contribution in [0.5, 0.6) is 0 Å². The number of likely N-dealkylation sites (tertiary alicyclic amines) is 1. The Morgan fingerprint density at radius 3 is 2.97 bits per heavy atom. The molecule has 0 bridgehead atoms. The molecule has 1 aliphatic carbocycles. The van der Waals surface area contributed by atoms with Crippen molar-refractivity contribution >= 4 is 45.1 Å². The molecule has 1 unspecified atom stereocenters. The van der Waals surface area contributed by atoms with Crippen molar-refractivity contribution < 1.29 is 9.59 Å². The van der Waals surface area contributed by atoms with Crippen LogP contribution in [0.25, 0.3) is 10.2 Å². The molecule has 2 aliphatic rings. The molecule has 162 valence electrons. The van der Waals surface area contributed by atoms with Gasteiger partial charge in [0.15, 0.2) is 0 Å². The van der Waals surface area contributed by atoms with Crippen LogP contribution in [0.4, 0.5) is 0 Å². The van der Waals surface area contributed by atoms with E-state index in [9.17, 15) is 14.4 Å². The molecule has 0 radical (unpaired) electrons. The Hall–Kier alpha value is -1.87. The van der Waals surface area contributed by atoms with Gasteiger partial charge in [-0.3, -0.25) is 14.4 Å². The number of aryl methyl sites for hydroxylation is 2. The van der Waals surface area contributed by atoms with E-state index >= 15 is 0 Å². The Balaban J connectivity index is 1.31. The number of nitrogens with zero attached hydrogens (tertiary/aromatic N) is 2. The molecular weight excluding hydrogens is 420 g/mol. The summed E-state index contributed by atoms with van der Waals surface area (Å²) < 4.78 is 0. The van der Waals surface area contributed by atoms with Gasteiger partial charge in [-0.15, -0.1) is 23.1 Å². The molecule has 2 N–H and O–H groups in total. The number of thiophene rings is 1. The predicted octanol–water partition coefficient (Wildman–Crippen LogP) is 2.47. The van der Waals surface area contributed by atoms with Gasteiger partial charge in [0.1, 0.15) is 10.7 Å². The highest BCUT2D eigenvalue weighted by Crippen LogP contribution is 2.34. The third kappa shape index (κ3) is 4.56. The van der Waals surface area contributed by atoms with Crippen LogP contribution in [0, 0.1) is 5.92 Å². The van der Waals surface area contributed by atoms with Crippen molar-refractivity contribution in [3.8, 4) is 0 Å². The molecule has 30 heavy (non-hydrogen) atoms. The maximum Gasteiger partial charge on any atom is 0.259 e. The van der Waals surface area contributed by atoms with Crippen LogP contribution >= 0.6 is 23.1 Å². The number of amides is 2. The minimum absolute atomic E-state index is 0.0313. The van der Waals surface area contributed by atoms with E-state index in [4.69, 9.17) is 0 Å². The normalized spacial score (nSPS) is 18.8. The fourth-order valence-electron chi connectivity index (χ4n) is 4.13. The van der Waals surface area contributed by atoms with Gasteiger partial charge in [0, 0.05) is 29.9 Å². The molecule has 2 aromatic rings. The van der Waals surface area contributed by atoms with Crippen LogP contribution in [0.2, 0.25) is 0 Å². The number of rotatable bonds is 6. The van der Waals surface area contributed by atoms with Gasteiger partial charge in [-0.2, -0.15) is 0 Å². The summed E-state index contributed by atoms with van der Waals surface area (Å²) in [5, 5.41) is 3.80. The molecule has 9 heteroatoms. The molecule has 1 aliphatic heterocycles. The second kappa shape index (κ2) is 9.09. The lowest BCUT2D eigenvalue weighted by Crippen LogP contribution is -2.50. The van der Waals surface area contributed by atoms with Crippen LogP contribution in [-0.2, 0) is 28.2 Å². The average Bonchev–Trinajstić information content (AvgIpc) is 3.28. The first kappa shape index (κ1) is 21.4. The number of carbonyl (C=O) groups is 2. The molecule has 1 fully saturated rings. The zero-order chi connectivity index (χ0) is 21.3. The fraction of sp³-hybridized carbons (Fsp3) is 0.619. The molecular formula is C21H28N4O3S2. The topological polar surface area (TPSA) is 95.2 Å². The van der Waals surface area contributed by atoms with E-state index < -0.39 is 0 Å². The number of hydrogen-bond donors (Lipinski definition) is 2. The summed E-state index contributed by atoms with van der Waals surface area (Å²) in [6.07, 6.45) is 4.94. The zero-order valence-corrected chi connectivity index (χ0v) is 19.1. The van der Waals surface area contributed by atoms with Crippen molar-refractivity contribution in [2.45, 2.75) is 57.7 Å². The molecule has 4 rings (SSSR count). The lowest BCUT2D eigenvalue weighted by molar-refractivity contribution is -0.131. The molecule has 3 heterocycles. The standard InChI is InChI=1S/C21H28N4O3S2/c1-12(2)19(27)22-13-5-4-8-25(9-13)17(26)11-29-10-16-23-20(28)18-14-6-3-7-15(14)30-21(18)24-16/h12-13H,3-11H2,1-2H3,(H,22,27)(H,23,24,28). The Morgan fingerprint density at radius 2 is 2.17 bits per heavy atom. The third-order valence-corrected chi connectivity index (χ3v) is 7.85. The summed E-state index contributed by atoms with van der Waals surface area (Å²) in [6, 6.07) is 0.0313. The summed E-state index contributed by atoms with van der Waals surface area (Å²) in [5.41, 5.74) is 1.13. The summed E-state index contributed by atoms with van der Waals surface area (Å²) in [5.74, 6) is 1.53. The molecule has 1 atom stereocenters. The van der Waals surface area contributed by atoms with Crippen molar-refractivity contribution in [1.82, 2.24) is 20.2 Å². The first-order valence-electron chi connectivity index (χ1n) is 10.6. The zero-order valence-electron chi connectivity index (χ0n) is 17.5. The van der Waals surface area contributed by atoms with Gasteiger partial charge in [0.2, 0.25) is 11.8 Å². The average molecular weight is 449 g/mol. The predicted molar refractivity (Wildman–Crippen MR) is 121 cm³/mol. The number of aromatic amines is 1. The highest BCUT2D eigenvalue weighted by atomic mass is 32.2. The Bertz CT molecular complexity index is 1010. The van der Waals surface area contributed by atoms with Gasteiger partial charge in [0.05, 0.1) is 16.9 Å². The first-order chi connectivity index (χ1) is 14.4. The lowest BCUT2D eigenvalue weighted by atomic mass is 10.0. The minimum Gasteiger partial charge on any atom is -0.351 e. The van der Waals surface area contributed by atoms with E-state index in [2.05, 4.69) is 15.3 Å². The maximum atomic E-state index is 12.6.